The molecular weight excluding hydrogens is 498 g/mol. The van der Waals surface area contributed by atoms with Crippen molar-refractivity contribution in [3.63, 3.8) is 0 Å². The lowest BCUT2D eigenvalue weighted by Gasteiger charge is -2.36. The van der Waals surface area contributed by atoms with Crippen molar-refractivity contribution in [1.82, 2.24) is 14.9 Å². The predicted molar refractivity (Wildman–Crippen MR) is 155 cm³/mol. The number of carbonyl (C=O) groups is 1. The summed E-state index contributed by atoms with van der Waals surface area (Å²) in [5.41, 5.74) is 3.24. The number of anilines is 2. The van der Waals surface area contributed by atoms with Crippen molar-refractivity contribution in [1.29, 1.82) is 0 Å². The number of ether oxygens (including phenoxy) is 1. The maximum absolute atomic E-state index is 12.6. The van der Waals surface area contributed by atoms with Crippen LogP contribution in [0.25, 0.3) is 17.0 Å². The summed E-state index contributed by atoms with van der Waals surface area (Å²) in [6.45, 7) is 10.4. The van der Waals surface area contributed by atoms with Crippen molar-refractivity contribution in [3.05, 3.63) is 58.8 Å². The molecule has 0 unspecified atom stereocenters. The normalized spacial score (nSPS) is 17.1. The van der Waals surface area contributed by atoms with Crippen LogP contribution in [0.5, 0.6) is 5.75 Å². The first-order chi connectivity index (χ1) is 18.4. The van der Waals surface area contributed by atoms with E-state index in [0.717, 1.165) is 41.2 Å². The maximum Gasteiger partial charge on any atom is 0.248 e. The number of nitrogens with one attached hydrogen (secondary N) is 1. The summed E-state index contributed by atoms with van der Waals surface area (Å²) < 4.78 is 5.66. The molecule has 2 aliphatic heterocycles. The van der Waals surface area contributed by atoms with Crippen LogP contribution >= 0.6 is 11.6 Å². The van der Waals surface area contributed by atoms with Gasteiger partial charge in [0, 0.05) is 36.3 Å². The van der Waals surface area contributed by atoms with E-state index in [1.807, 2.05) is 51.1 Å². The lowest BCUT2D eigenvalue weighted by molar-refractivity contribution is -0.111. The molecule has 0 aliphatic carbocycles. The van der Waals surface area contributed by atoms with Crippen LogP contribution in [0.15, 0.2) is 42.5 Å². The topological polar surface area (TPSA) is 70.6 Å². The third kappa shape index (κ3) is 6.27. The van der Waals surface area contributed by atoms with E-state index in [1.165, 1.54) is 44.8 Å². The fourth-order valence-electron chi connectivity index (χ4n) is 5.36. The highest BCUT2D eigenvalue weighted by Gasteiger charge is 2.27. The predicted octanol–water partition coefficient (Wildman–Crippen LogP) is 6.10. The second-order valence-corrected chi connectivity index (χ2v) is 10.9. The van der Waals surface area contributed by atoms with Gasteiger partial charge in [-0.25, -0.2) is 9.97 Å². The number of nitrogens with zero attached hydrogens (tertiary/aromatic N) is 4. The Bertz CT molecular complexity index is 1330. The van der Waals surface area contributed by atoms with Gasteiger partial charge in [0.15, 0.2) is 0 Å². The number of rotatable bonds is 7. The number of piperidine rings is 1. The van der Waals surface area contributed by atoms with Crippen molar-refractivity contribution in [2.45, 2.75) is 58.6 Å². The smallest absolute Gasteiger partial charge is 0.248 e. The van der Waals surface area contributed by atoms with E-state index in [-0.39, 0.29) is 12.0 Å². The summed E-state index contributed by atoms with van der Waals surface area (Å²) >= 11 is 6.36. The summed E-state index contributed by atoms with van der Waals surface area (Å²) in [5, 5.41) is 4.40. The van der Waals surface area contributed by atoms with Crippen LogP contribution in [0.4, 0.5) is 11.6 Å². The Hall–Kier alpha value is -3.16. The molecule has 1 amide bonds. The average molecular weight is 534 g/mol. The average Bonchev–Trinajstić information content (AvgIpc) is 3.43. The number of halogens is 1. The second-order valence-electron chi connectivity index (χ2n) is 10.5. The van der Waals surface area contributed by atoms with Gasteiger partial charge in [0.25, 0.3) is 0 Å². The van der Waals surface area contributed by atoms with Crippen molar-refractivity contribution in [2.24, 2.45) is 0 Å². The number of hydrogen-bond donors (Lipinski definition) is 1. The van der Waals surface area contributed by atoms with Crippen LogP contribution < -0.4 is 15.0 Å². The first-order valence-corrected chi connectivity index (χ1v) is 14.0. The SMILES string of the molecule is Cc1nc(N2CCC(N3CCCC3)CC2)nc2ccc(NC(=O)C=Cc3ccc(OC(C)C)cc3Cl)cc12. The fourth-order valence-corrected chi connectivity index (χ4v) is 5.59. The molecule has 0 atom stereocenters. The monoisotopic (exact) mass is 533 g/mol. The zero-order chi connectivity index (χ0) is 26.6. The highest BCUT2D eigenvalue weighted by atomic mass is 35.5. The van der Waals surface area contributed by atoms with Crippen molar-refractivity contribution >= 4 is 46.1 Å². The highest BCUT2D eigenvalue weighted by molar-refractivity contribution is 6.32. The Labute approximate surface area is 229 Å². The third-order valence-electron chi connectivity index (χ3n) is 7.30. The van der Waals surface area contributed by atoms with Gasteiger partial charge in [0.2, 0.25) is 11.9 Å². The molecule has 1 aromatic heterocycles. The number of hydrogen-bond acceptors (Lipinski definition) is 6. The number of carbonyl (C=O) groups excluding carboxylic acids is 1. The zero-order valence-corrected chi connectivity index (χ0v) is 23.2. The molecular formula is C30H36ClN5O2. The summed E-state index contributed by atoms with van der Waals surface area (Å²) in [6, 6.07) is 11.9. The van der Waals surface area contributed by atoms with Gasteiger partial charge in [-0.05, 0) is 108 Å². The highest BCUT2D eigenvalue weighted by Crippen LogP contribution is 2.27. The molecule has 0 spiro atoms. The molecule has 7 nitrogen and oxygen atoms in total. The number of fused-ring (bicyclic) bond motifs is 1. The summed E-state index contributed by atoms with van der Waals surface area (Å²) in [6.07, 6.45) is 8.25. The van der Waals surface area contributed by atoms with E-state index < -0.39 is 0 Å². The Morgan fingerprint density at radius 2 is 1.84 bits per heavy atom. The van der Waals surface area contributed by atoms with E-state index in [2.05, 4.69) is 15.1 Å². The first kappa shape index (κ1) is 26.4. The molecule has 3 heterocycles. The Morgan fingerprint density at radius 3 is 2.55 bits per heavy atom. The van der Waals surface area contributed by atoms with Crippen LogP contribution in [-0.2, 0) is 4.79 Å². The van der Waals surface area contributed by atoms with Crippen molar-refractivity contribution < 1.29 is 9.53 Å². The van der Waals surface area contributed by atoms with Crippen LogP contribution in [0.1, 0.15) is 50.8 Å². The molecule has 2 aromatic carbocycles. The summed E-state index contributed by atoms with van der Waals surface area (Å²) in [4.78, 5) is 27.3. The quantitative estimate of drug-likeness (QED) is 0.370. The lowest BCUT2D eigenvalue weighted by Crippen LogP contribution is -2.44. The first-order valence-electron chi connectivity index (χ1n) is 13.6. The molecule has 0 bridgehead atoms. The van der Waals surface area contributed by atoms with Gasteiger partial charge >= 0.3 is 0 Å². The molecule has 2 fully saturated rings. The minimum atomic E-state index is -0.237. The van der Waals surface area contributed by atoms with Gasteiger partial charge in [-0.1, -0.05) is 11.6 Å². The van der Waals surface area contributed by atoms with Gasteiger partial charge in [-0.15, -0.1) is 0 Å². The van der Waals surface area contributed by atoms with Gasteiger partial charge in [-0.3, -0.25) is 4.79 Å². The van der Waals surface area contributed by atoms with Crippen molar-refractivity contribution in [3.8, 4) is 5.75 Å². The molecule has 8 heteroatoms. The van der Waals surface area contributed by atoms with Crippen LogP contribution in [0.2, 0.25) is 5.02 Å². The molecule has 38 heavy (non-hydrogen) atoms. The summed E-state index contributed by atoms with van der Waals surface area (Å²) in [7, 11) is 0. The Balaban J connectivity index is 1.22. The van der Waals surface area contributed by atoms with Crippen LogP contribution in [-0.4, -0.2) is 59.1 Å². The molecule has 5 rings (SSSR count). The number of aromatic nitrogens is 2. The fraction of sp³-hybridized carbons (Fsp3) is 0.433. The molecule has 0 radical (unpaired) electrons. The van der Waals surface area contributed by atoms with E-state index in [4.69, 9.17) is 26.3 Å². The minimum absolute atomic E-state index is 0.0676. The maximum atomic E-state index is 12.6. The number of amides is 1. The molecule has 2 aliphatic rings. The molecule has 1 N–H and O–H groups in total. The Morgan fingerprint density at radius 1 is 1.08 bits per heavy atom. The number of aryl methyl sites for hydroxylation is 1. The minimum Gasteiger partial charge on any atom is -0.491 e. The number of benzene rings is 2. The van der Waals surface area contributed by atoms with E-state index >= 15 is 0 Å². The van der Waals surface area contributed by atoms with Gasteiger partial charge in [0.05, 0.1) is 22.3 Å². The van der Waals surface area contributed by atoms with E-state index in [9.17, 15) is 4.79 Å². The standard InChI is InChI=1S/C30H36ClN5O2/c1-20(2)38-25-9-6-22(27(31)19-25)7-11-29(37)33-23-8-10-28-26(18-23)21(3)32-30(34-28)36-16-12-24(13-17-36)35-14-4-5-15-35/h6-11,18-20,24H,4-5,12-17H2,1-3H3,(H,33,37). The third-order valence-corrected chi connectivity index (χ3v) is 7.63. The summed E-state index contributed by atoms with van der Waals surface area (Å²) in [5.74, 6) is 1.27. The largest absolute Gasteiger partial charge is 0.491 e. The van der Waals surface area contributed by atoms with Gasteiger partial charge in [-0.2, -0.15) is 0 Å². The van der Waals surface area contributed by atoms with Gasteiger partial charge in [0.1, 0.15) is 5.75 Å². The van der Waals surface area contributed by atoms with Crippen LogP contribution in [0, 0.1) is 6.92 Å². The molecule has 2 saturated heterocycles. The molecule has 200 valence electrons. The zero-order valence-electron chi connectivity index (χ0n) is 22.4. The van der Waals surface area contributed by atoms with E-state index in [1.54, 1.807) is 12.1 Å². The number of likely N-dealkylation sites (tertiary alicyclic amines) is 1. The second kappa shape index (κ2) is 11.7. The van der Waals surface area contributed by atoms with E-state index in [0.29, 0.717) is 22.5 Å². The van der Waals surface area contributed by atoms with Crippen molar-refractivity contribution in [2.75, 3.05) is 36.4 Å². The Kier molecular flexibility index (Phi) is 8.15. The van der Waals surface area contributed by atoms with Crippen LogP contribution in [0.3, 0.4) is 0 Å². The lowest BCUT2D eigenvalue weighted by atomic mass is 10.0. The molecule has 3 aromatic rings. The molecule has 0 saturated carbocycles. The van der Waals surface area contributed by atoms with Gasteiger partial charge < -0.3 is 19.9 Å².